The molecule has 0 bridgehead atoms. The van der Waals surface area contributed by atoms with Gasteiger partial charge in [0.1, 0.15) is 33.3 Å². The minimum absolute atomic E-state index is 0. The van der Waals surface area contributed by atoms with Gasteiger partial charge >= 0.3 is 48.1 Å². The van der Waals surface area contributed by atoms with Crippen LogP contribution in [-0.4, -0.2) is 72.0 Å². The zero-order chi connectivity index (χ0) is 64.0. The molecule has 0 aliphatic carbocycles. The van der Waals surface area contributed by atoms with E-state index in [1.165, 1.54) is 12.8 Å². The van der Waals surface area contributed by atoms with Crippen LogP contribution in [0.2, 0.25) is 0 Å². The fourth-order valence-electron chi connectivity index (χ4n) is 10.3. The first kappa shape index (κ1) is 71.2. The Balaban J connectivity index is 0.000000478. The van der Waals surface area contributed by atoms with E-state index < -0.39 is 87.8 Å². The molecule has 0 spiro atoms. The van der Waals surface area contributed by atoms with Crippen LogP contribution in [0.15, 0.2) is 198 Å². The molecule has 3 saturated heterocycles. The molecule has 27 heteroatoms. The van der Waals surface area contributed by atoms with Crippen LogP contribution in [0.25, 0.3) is 0 Å². The van der Waals surface area contributed by atoms with Crippen molar-refractivity contribution in [3.8, 4) is 0 Å². The number of ether oxygens (including phenoxy) is 1. The normalized spacial score (nSPS) is 21.7. The zero-order valence-electron chi connectivity index (χ0n) is 48.4. The molecule has 0 amide bonds. The Labute approximate surface area is 520 Å². The van der Waals surface area contributed by atoms with E-state index in [2.05, 4.69) is 52.2 Å². The fourth-order valence-corrected chi connectivity index (χ4v) is 14.0. The first-order valence-corrected chi connectivity index (χ1v) is 33.1. The van der Waals surface area contributed by atoms with Gasteiger partial charge in [-0.1, -0.05) is 193 Å². The Kier molecular flexibility index (Phi) is 23.1. The molecule has 16 nitrogen and oxygen atoms in total. The molecule has 3 aliphatic heterocycles. The Morgan fingerprint density at radius 2 is 0.705 bits per heavy atom. The first-order chi connectivity index (χ1) is 40.5. The number of alkyl halides is 6. The second kappa shape index (κ2) is 28.5. The number of nitrogens with zero attached hydrogens (tertiary/aromatic N) is 1. The second-order valence-corrected chi connectivity index (χ2v) is 29.4. The minimum atomic E-state index is -6.09. The van der Waals surface area contributed by atoms with E-state index in [0.29, 0.717) is 11.4 Å². The molecule has 6 aromatic carbocycles. The number of sulfonamides is 2. The number of halogens is 6. The molecule has 0 radical (unpaired) electrons. The van der Waals surface area contributed by atoms with E-state index in [9.17, 15) is 26.3 Å². The monoisotopic (exact) mass is 1340 g/mol. The zero-order valence-corrected chi connectivity index (χ0v) is 52.8. The third kappa shape index (κ3) is 17.1. The number of rotatable bonds is 10. The van der Waals surface area contributed by atoms with Crippen molar-refractivity contribution in [3.63, 3.8) is 0 Å². The fraction of sp³-hybridized carbons (Fsp3) is 0.328. The largest absolute Gasteiger partial charge is 2.00 e. The van der Waals surface area contributed by atoms with E-state index >= 15 is 16.8 Å². The number of aromatic nitrogens is 1. The van der Waals surface area contributed by atoms with Gasteiger partial charge in [0.25, 0.3) is 0 Å². The van der Waals surface area contributed by atoms with Gasteiger partial charge in [-0.15, -0.1) is 0 Å². The van der Waals surface area contributed by atoms with Crippen molar-refractivity contribution in [3.05, 3.63) is 233 Å². The predicted octanol–water partition coefficient (Wildman–Crippen LogP) is 9.29. The summed E-state index contributed by atoms with van der Waals surface area (Å²) >= 11 is 0. The molecule has 474 valence electrons. The Bertz CT molecular complexity index is 3620. The quantitative estimate of drug-likeness (QED) is 0.0432. The number of hydrogen-bond donors (Lipinski definition) is 4. The molecule has 3 aliphatic rings. The molecule has 7 aromatic rings. The van der Waals surface area contributed by atoms with Crippen LogP contribution < -0.4 is 19.2 Å². The molecule has 1 aromatic heterocycles. The van der Waals surface area contributed by atoms with Gasteiger partial charge in [0.2, 0.25) is 12.3 Å². The maximum atomic E-state index is 15.5. The number of hydrogen-bond acceptors (Lipinski definition) is 14. The van der Waals surface area contributed by atoms with E-state index in [1.807, 2.05) is 164 Å². The maximum Gasteiger partial charge on any atom is 2.00 e. The van der Waals surface area contributed by atoms with Gasteiger partial charge in [-0.3, -0.25) is 0 Å². The summed E-state index contributed by atoms with van der Waals surface area (Å²) in [6.45, 7) is 14.6. The van der Waals surface area contributed by atoms with Gasteiger partial charge < -0.3 is 13.8 Å². The summed E-state index contributed by atoms with van der Waals surface area (Å²) in [5.41, 5.74) is -5.03. The molecule has 8 atom stereocenters. The molecule has 2 unspecified atom stereocenters. The molecule has 0 saturated carbocycles. The number of pyridine rings is 1. The van der Waals surface area contributed by atoms with Crippen LogP contribution in [0.4, 0.5) is 26.3 Å². The van der Waals surface area contributed by atoms with Crippen LogP contribution in [0, 0.1) is 0 Å². The van der Waals surface area contributed by atoms with E-state index in [1.54, 1.807) is 24.3 Å². The van der Waals surface area contributed by atoms with Crippen molar-refractivity contribution < 1.29 is 99.5 Å². The number of benzene rings is 6. The van der Waals surface area contributed by atoms with Gasteiger partial charge in [-0.2, -0.15) is 51.8 Å². The van der Waals surface area contributed by atoms with Gasteiger partial charge in [-0.25, -0.2) is 32.5 Å². The Hall–Kier alpha value is -5.91. The summed E-state index contributed by atoms with van der Waals surface area (Å²) in [5, 5.41) is 7.56. The van der Waals surface area contributed by atoms with Crippen LogP contribution in [0.1, 0.15) is 136 Å². The first-order valence-electron chi connectivity index (χ1n) is 27.3. The maximum absolute atomic E-state index is 15.5. The van der Waals surface area contributed by atoms with Crippen LogP contribution >= 0.6 is 0 Å². The van der Waals surface area contributed by atoms with Gasteiger partial charge in [0.15, 0.2) is 20.2 Å². The predicted molar refractivity (Wildman–Crippen MR) is 311 cm³/mol. The summed E-state index contributed by atoms with van der Waals surface area (Å²) in [4.78, 5) is 5.77. The van der Waals surface area contributed by atoms with Crippen molar-refractivity contribution in [1.82, 2.24) is 15.6 Å². The summed E-state index contributed by atoms with van der Waals surface area (Å²) in [6.07, 6.45) is 0.822. The molecule has 4 N–H and O–H groups in total. The van der Waals surface area contributed by atoms with Gasteiger partial charge in [-0.05, 0) is 82.3 Å². The molecule has 88 heavy (non-hydrogen) atoms. The topological polar surface area (TPSA) is 238 Å². The van der Waals surface area contributed by atoms with Gasteiger partial charge in [0.05, 0.1) is 12.1 Å². The van der Waals surface area contributed by atoms with Crippen LogP contribution in [0.3, 0.4) is 0 Å². The van der Waals surface area contributed by atoms with E-state index in [4.69, 9.17) is 35.7 Å². The van der Waals surface area contributed by atoms with Crippen molar-refractivity contribution in [1.29, 1.82) is 0 Å². The van der Waals surface area contributed by atoms with Crippen molar-refractivity contribution in [2.45, 2.75) is 123 Å². The van der Waals surface area contributed by atoms with E-state index in [-0.39, 0.29) is 46.3 Å². The summed E-state index contributed by atoms with van der Waals surface area (Å²) in [5.74, 6) is 0. The minimum Gasteiger partial charge on any atom is -0.741 e. The van der Waals surface area contributed by atoms with Crippen molar-refractivity contribution in [2.75, 3.05) is 13.2 Å². The second-order valence-electron chi connectivity index (χ2n) is 22.7. The van der Waals surface area contributed by atoms with Gasteiger partial charge in [0, 0.05) is 24.3 Å². The smallest absolute Gasteiger partial charge is 0.741 e. The molecular weight excluding hydrogens is 1280 g/mol. The Morgan fingerprint density at radius 3 is 0.943 bits per heavy atom. The molecule has 4 heterocycles. The van der Waals surface area contributed by atoms with Crippen LogP contribution in [-0.2, 0) is 72.9 Å². The Morgan fingerprint density at radius 1 is 0.432 bits per heavy atom. The average Bonchev–Trinajstić information content (AvgIpc) is 1.65. The third-order valence-corrected chi connectivity index (χ3v) is 19.8. The summed E-state index contributed by atoms with van der Waals surface area (Å²) < 4.78 is 185. The van der Waals surface area contributed by atoms with Crippen molar-refractivity contribution >= 4 is 40.3 Å². The van der Waals surface area contributed by atoms with E-state index in [0.717, 1.165) is 46.6 Å². The molecule has 3 fully saturated rings. The number of nitrogens with one attached hydrogen (secondary N) is 4. The standard InChI is InChI=1S/C55H57N5O4S2.C4H8O.2CHF3O3S.Fe/c1-54(2,3)42-30-34-44(35-31-42)65(61,62)59-50(40-24-15-9-16-25-40)48(38-20-11-7-12-21-38)57-52(59)46-28-19-29-47(56-46)53-58-49(39-22-13-8-14-23-39)51(41-26-17-10-18-27-41)60(53)66(63,64)45-36-32-43(33-37-45)55(4,5)6;1-2-4-5-3-1;2*2-1(3,4)8(5,6)7;/h7-37,48-53,57-58H,1-6H3;1-4H2;2*(H,5,6,7);/q;;;;+2/t48-,49-,50-,51-,52+,53+;;;;/m1..../s1. The van der Waals surface area contributed by atoms with Crippen molar-refractivity contribution in [2.24, 2.45) is 0 Å². The molecular formula is C61H67F6FeN5O11S4+2. The third-order valence-electron chi connectivity index (χ3n) is 14.6. The number of quaternary nitrogens is 2. The summed E-state index contributed by atoms with van der Waals surface area (Å²) in [7, 11) is -20.5. The SMILES string of the molecule is C1CCOC1.CC(C)(C)c1ccc(S(=O)(=O)[NH+]2[C@@H](c3cccc([C@H]4N[C@H](c5ccccc5)[C@@H](c5ccccc5)[NH+]4S(=O)(=O)c4ccc(C(C)(C)C)cc4)n3)N[C@H](c3ccccc3)[C@H]2c2ccccc2)cc1.O=S(=O)([O-])C(F)(F)F.O=S(=O)([O-])C(F)(F)F.[Fe+2]. The summed E-state index contributed by atoms with van der Waals surface area (Å²) in [6, 6.07) is 57.5. The van der Waals surface area contributed by atoms with Crippen LogP contribution in [0.5, 0.6) is 0 Å². The molecule has 10 rings (SSSR count). The average molecular weight is 1340 g/mol.